The molecule has 0 aliphatic heterocycles. The first-order chi connectivity index (χ1) is 5.18. The van der Waals surface area contributed by atoms with Gasteiger partial charge in [-0.1, -0.05) is 10.2 Å². The van der Waals surface area contributed by atoms with Crippen molar-refractivity contribution in [1.29, 1.82) is 0 Å². The van der Waals surface area contributed by atoms with E-state index in [2.05, 4.69) is 20.1 Å². The van der Waals surface area contributed by atoms with Crippen LogP contribution in [-0.4, -0.2) is 12.5 Å². The molecule has 0 heterocycles. The van der Waals surface area contributed by atoms with E-state index in [1.165, 1.54) is 6.92 Å². The normalized spacial score (nSPS) is 14.0. The van der Waals surface area contributed by atoms with Gasteiger partial charge in [0.05, 0.1) is 0 Å². The molecule has 0 aliphatic rings. The zero-order valence-corrected chi connectivity index (χ0v) is 6.30. The average molecular weight is 156 g/mol. The van der Waals surface area contributed by atoms with Crippen molar-refractivity contribution in [2.24, 2.45) is 10.2 Å². The summed E-state index contributed by atoms with van der Waals surface area (Å²) in [6, 6.07) is 0. The second-order valence-electron chi connectivity index (χ2n) is 1.75. The lowest BCUT2D eigenvalue weighted by Crippen LogP contribution is -2.21. The molecule has 0 rings (SSSR count). The Kier molecular flexibility index (Phi) is 3.84. The summed E-state index contributed by atoms with van der Waals surface area (Å²) in [6.07, 6.45) is 0. The Balaban J connectivity index is 4.49. The number of azide groups is 1. The first kappa shape index (κ1) is 9.58. The van der Waals surface area contributed by atoms with E-state index in [0.717, 1.165) is 0 Å². The number of ether oxygens (including phenoxy) is 1. The molecule has 60 valence electrons. The van der Waals surface area contributed by atoms with E-state index in [1.807, 2.05) is 0 Å². The van der Waals surface area contributed by atoms with Crippen molar-refractivity contribution in [1.82, 2.24) is 0 Å². The van der Waals surface area contributed by atoms with Gasteiger partial charge in [-0.15, -0.1) is 0 Å². The minimum Gasteiger partial charge on any atom is -0.364 e. The van der Waals surface area contributed by atoms with E-state index in [0.29, 0.717) is 6.61 Å². The first-order valence-corrected chi connectivity index (χ1v) is 2.95. The van der Waals surface area contributed by atoms with E-state index >= 15 is 0 Å². The zero-order valence-electron chi connectivity index (χ0n) is 6.30. The zero-order chi connectivity index (χ0) is 8.74. The van der Waals surface area contributed by atoms with Crippen molar-refractivity contribution < 1.29 is 4.74 Å². The third-order valence-corrected chi connectivity index (χ3v) is 0.878. The molecule has 11 heavy (non-hydrogen) atoms. The molecule has 0 saturated carbocycles. The van der Waals surface area contributed by atoms with E-state index in [-0.39, 0.29) is 0 Å². The van der Waals surface area contributed by atoms with Crippen molar-refractivity contribution in [3.8, 4) is 0 Å². The van der Waals surface area contributed by atoms with Crippen LogP contribution in [0.15, 0.2) is 10.2 Å². The quantitative estimate of drug-likeness (QED) is 0.347. The number of hydrogen-bond donors (Lipinski definition) is 0. The molecular formula is C4H8N6O. The van der Waals surface area contributed by atoms with E-state index in [1.54, 1.807) is 6.92 Å². The van der Waals surface area contributed by atoms with E-state index in [9.17, 15) is 0 Å². The van der Waals surface area contributed by atoms with Gasteiger partial charge in [0, 0.05) is 16.4 Å². The second-order valence-corrected chi connectivity index (χ2v) is 1.75. The molecule has 0 amide bonds. The monoisotopic (exact) mass is 156 g/mol. The lowest BCUT2D eigenvalue weighted by atomic mass is 10.5. The van der Waals surface area contributed by atoms with Gasteiger partial charge in [0.2, 0.25) is 5.85 Å². The predicted octanol–water partition coefficient (Wildman–Crippen LogP) is 2.32. The molecule has 7 heteroatoms. The summed E-state index contributed by atoms with van der Waals surface area (Å²) in [5, 5.41) is 6.35. The Bertz CT molecular complexity index is 195. The molecule has 0 aromatic heterocycles. The van der Waals surface area contributed by atoms with Crippen molar-refractivity contribution >= 4 is 0 Å². The molecule has 0 aromatic carbocycles. The van der Waals surface area contributed by atoms with E-state index in [4.69, 9.17) is 15.8 Å². The fourth-order valence-corrected chi connectivity index (χ4v) is 0.517. The molecular weight excluding hydrogens is 148 g/mol. The molecule has 0 unspecified atom stereocenters. The van der Waals surface area contributed by atoms with Crippen molar-refractivity contribution in [3.05, 3.63) is 20.9 Å². The smallest absolute Gasteiger partial charge is 0.222 e. The van der Waals surface area contributed by atoms with Crippen LogP contribution in [0, 0.1) is 0 Å². The number of nitrogens with zero attached hydrogens (tertiary/aromatic N) is 6. The Morgan fingerprint density at radius 3 is 2.09 bits per heavy atom. The highest BCUT2D eigenvalue weighted by molar-refractivity contribution is 4.69. The summed E-state index contributed by atoms with van der Waals surface area (Å²) in [5.74, 6) is -1.43. The van der Waals surface area contributed by atoms with Crippen LogP contribution in [0.1, 0.15) is 13.8 Å². The van der Waals surface area contributed by atoms with Crippen LogP contribution < -0.4 is 0 Å². The fourth-order valence-electron chi connectivity index (χ4n) is 0.517. The van der Waals surface area contributed by atoms with Gasteiger partial charge in [-0.2, -0.15) is 0 Å². The molecule has 0 atom stereocenters. The van der Waals surface area contributed by atoms with Gasteiger partial charge in [0.25, 0.3) is 0 Å². The molecule has 0 aromatic rings. The molecule has 0 radical (unpaired) electrons. The van der Waals surface area contributed by atoms with Crippen LogP contribution in [0.5, 0.6) is 0 Å². The van der Waals surface area contributed by atoms with Gasteiger partial charge in [-0.05, 0) is 24.9 Å². The highest BCUT2D eigenvalue weighted by Gasteiger charge is 2.19. The Hall–Kier alpha value is -1.42. The SMILES string of the molecule is CCOC(C)(N=[N+]=[N-])N=[N+]=[N-]. The van der Waals surface area contributed by atoms with Gasteiger partial charge < -0.3 is 4.74 Å². The van der Waals surface area contributed by atoms with Crippen LogP contribution in [0.2, 0.25) is 0 Å². The van der Waals surface area contributed by atoms with Crippen LogP contribution >= 0.6 is 0 Å². The largest absolute Gasteiger partial charge is 0.364 e. The lowest BCUT2D eigenvalue weighted by molar-refractivity contribution is -0.0137. The average Bonchev–Trinajstić information content (AvgIpc) is 1.88. The maximum absolute atomic E-state index is 8.05. The molecule has 0 saturated heterocycles. The van der Waals surface area contributed by atoms with Gasteiger partial charge >= 0.3 is 0 Å². The molecule has 0 spiro atoms. The highest BCUT2D eigenvalue weighted by atomic mass is 16.5. The van der Waals surface area contributed by atoms with Crippen molar-refractivity contribution in [2.75, 3.05) is 6.61 Å². The van der Waals surface area contributed by atoms with Crippen LogP contribution in [0.3, 0.4) is 0 Å². The lowest BCUT2D eigenvalue weighted by Gasteiger charge is -2.15. The van der Waals surface area contributed by atoms with Gasteiger partial charge in [-0.3, -0.25) is 0 Å². The minimum atomic E-state index is -1.43. The van der Waals surface area contributed by atoms with Gasteiger partial charge in [0.15, 0.2) is 0 Å². The second kappa shape index (κ2) is 4.40. The van der Waals surface area contributed by atoms with Gasteiger partial charge in [-0.25, -0.2) is 0 Å². The Morgan fingerprint density at radius 2 is 1.82 bits per heavy atom. The summed E-state index contributed by atoms with van der Waals surface area (Å²) in [5.41, 5.74) is 16.1. The summed E-state index contributed by atoms with van der Waals surface area (Å²) in [7, 11) is 0. The van der Waals surface area contributed by atoms with Crippen LogP contribution in [-0.2, 0) is 4.74 Å². The molecule has 7 nitrogen and oxygen atoms in total. The maximum atomic E-state index is 8.05. The molecule has 0 bridgehead atoms. The van der Waals surface area contributed by atoms with Crippen molar-refractivity contribution in [3.63, 3.8) is 0 Å². The van der Waals surface area contributed by atoms with E-state index < -0.39 is 5.85 Å². The van der Waals surface area contributed by atoms with Crippen molar-refractivity contribution in [2.45, 2.75) is 19.7 Å². The maximum Gasteiger partial charge on any atom is 0.222 e. The Morgan fingerprint density at radius 1 is 1.36 bits per heavy atom. The first-order valence-electron chi connectivity index (χ1n) is 2.95. The summed E-state index contributed by atoms with van der Waals surface area (Å²) < 4.78 is 4.87. The van der Waals surface area contributed by atoms with Crippen LogP contribution in [0.25, 0.3) is 20.9 Å². The van der Waals surface area contributed by atoms with Crippen LogP contribution in [0.4, 0.5) is 0 Å². The summed E-state index contributed by atoms with van der Waals surface area (Å²) >= 11 is 0. The highest BCUT2D eigenvalue weighted by Crippen LogP contribution is 2.14. The number of hydrogen-bond acceptors (Lipinski definition) is 3. The standard InChI is InChI=1S/C4H8N6O/c1-3-11-4(2,7-9-5)8-10-6/h3H2,1-2H3. The summed E-state index contributed by atoms with van der Waals surface area (Å²) in [4.78, 5) is 4.96. The Labute approximate surface area is 63.2 Å². The third kappa shape index (κ3) is 3.32. The minimum absolute atomic E-state index is 0.314. The van der Waals surface area contributed by atoms with Gasteiger partial charge in [0.1, 0.15) is 0 Å². The molecule has 0 aliphatic carbocycles. The number of rotatable bonds is 4. The fraction of sp³-hybridized carbons (Fsp3) is 1.00. The molecule has 0 fully saturated rings. The predicted molar refractivity (Wildman–Crippen MR) is 38.3 cm³/mol. The third-order valence-electron chi connectivity index (χ3n) is 0.878. The summed E-state index contributed by atoms with van der Waals surface area (Å²) in [6.45, 7) is 3.41. The topological polar surface area (TPSA) is 107 Å². The molecule has 0 N–H and O–H groups in total.